The summed E-state index contributed by atoms with van der Waals surface area (Å²) in [6, 6.07) is 10.0. The van der Waals surface area contributed by atoms with E-state index in [0.717, 1.165) is 37.4 Å². The number of aliphatic hydroxyl groups is 1. The standard InChI is InChI=1S/C28H38N4O3/c1-27(8-5-9-27)10-11-30-16-21-17-32(18-21)25-13-22(12-24(31-34)26(25)29)28(33)14-23(15-28)35-19-20-6-3-2-4-7-20/h2-4,6-7,12-13,21,23,29-30,33-34H,5,8-11,14-19H2,1H3/b29-26?,31-24-. The van der Waals surface area contributed by atoms with Crippen LogP contribution in [0.1, 0.15) is 51.0 Å². The van der Waals surface area contributed by atoms with E-state index >= 15 is 0 Å². The Hall–Kier alpha value is -2.48. The molecule has 5 rings (SSSR count). The van der Waals surface area contributed by atoms with Crippen molar-refractivity contribution in [2.75, 3.05) is 26.2 Å². The lowest BCUT2D eigenvalue weighted by Gasteiger charge is -2.47. The molecule has 1 heterocycles. The fourth-order valence-electron chi connectivity index (χ4n) is 5.67. The van der Waals surface area contributed by atoms with Crippen LogP contribution < -0.4 is 5.32 Å². The van der Waals surface area contributed by atoms with Crippen molar-refractivity contribution in [2.24, 2.45) is 16.5 Å². The first-order chi connectivity index (χ1) is 16.9. The highest BCUT2D eigenvalue weighted by molar-refractivity contribution is 6.51. The molecule has 0 bridgehead atoms. The van der Waals surface area contributed by atoms with Crippen LogP contribution in [0.5, 0.6) is 0 Å². The molecular formula is C28H38N4O3. The second-order valence-corrected chi connectivity index (χ2v) is 11.2. The number of allylic oxidation sites excluding steroid dienone is 2. The van der Waals surface area contributed by atoms with Gasteiger partial charge in [-0.1, -0.05) is 48.8 Å². The van der Waals surface area contributed by atoms with Gasteiger partial charge in [0.2, 0.25) is 0 Å². The minimum absolute atomic E-state index is 0.0180. The summed E-state index contributed by atoms with van der Waals surface area (Å²) in [4.78, 5) is 2.16. The number of likely N-dealkylation sites (tertiary alicyclic amines) is 1. The van der Waals surface area contributed by atoms with E-state index < -0.39 is 5.60 Å². The maximum absolute atomic E-state index is 11.2. The largest absolute Gasteiger partial charge is 0.410 e. The molecule has 0 radical (unpaired) electrons. The Balaban J connectivity index is 1.13. The molecule has 4 aliphatic rings. The van der Waals surface area contributed by atoms with Gasteiger partial charge in [-0.25, -0.2) is 0 Å². The summed E-state index contributed by atoms with van der Waals surface area (Å²) in [5.74, 6) is 0.546. The number of oxime groups is 1. The summed E-state index contributed by atoms with van der Waals surface area (Å²) in [5, 5.41) is 36.2. The number of hydrogen-bond donors (Lipinski definition) is 4. The Bertz CT molecular complexity index is 1020. The number of benzene rings is 1. The molecular weight excluding hydrogens is 440 g/mol. The first-order valence-corrected chi connectivity index (χ1v) is 13.0. The third kappa shape index (κ3) is 5.22. The number of nitrogens with zero attached hydrogens (tertiary/aromatic N) is 2. The van der Waals surface area contributed by atoms with Crippen LogP contribution in [0.3, 0.4) is 0 Å². The summed E-state index contributed by atoms with van der Waals surface area (Å²) in [6.45, 7) is 6.71. The average Bonchev–Trinajstić information content (AvgIpc) is 2.80. The van der Waals surface area contributed by atoms with Crippen LogP contribution in [0, 0.1) is 16.7 Å². The average molecular weight is 479 g/mol. The van der Waals surface area contributed by atoms with Gasteiger partial charge < -0.3 is 25.3 Å². The van der Waals surface area contributed by atoms with Crippen LogP contribution in [0.2, 0.25) is 0 Å². The van der Waals surface area contributed by atoms with Crippen LogP contribution in [0.15, 0.2) is 58.9 Å². The van der Waals surface area contributed by atoms with Gasteiger partial charge in [-0.15, -0.1) is 0 Å². The van der Waals surface area contributed by atoms with Crippen molar-refractivity contribution >= 4 is 11.4 Å². The molecule has 0 amide bonds. The molecule has 0 unspecified atom stereocenters. The number of nitrogens with one attached hydrogen (secondary N) is 2. The Kier molecular flexibility index (Phi) is 6.84. The van der Waals surface area contributed by atoms with Gasteiger partial charge >= 0.3 is 0 Å². The Morgan fingerprint density at radius 2 is 1.91 bits per heavy atom. The van der Waals surface area contributed by atoms with Gasteiger partial charge in [0.25, 0.3) is 0 Å². The highest BCUT2D eigenvalue weighted by Gasteiger charge is 2.47. The van der Waals surface area contributed by atoms with Gasteiger partial charge in [0.15, 0.2) is 0 Å². The predicted octanol–water partition coefficient (Wildman–Crippen LogP) is 3.87. The first kappa shape index (κ1) is 24.2. The Labute approximate surface area is 208 Å². The van der Waals surface area contributed by atoms with E-state index in [1.165, 1.54) is 25.7 Å². The number of ether oxygens (including phenoxy) is 1. The van der Waals surface area contributed by atoms with E-state index in [1.807, 2.05) is 36.4 Å². The van der Waals surface area contributed by atoms with Crippen molar-refractivity contribution in [3.8, 4) is 0 Å². The van der Waals surface area contributed by atoms with E-state index in [4.69, 9.17) is 10.1 Å². The van der Waals surface area contributed by atoms with Crippen molar-refractivity contribution in [3.63, 3.8) is 0 Å². The highest BCUT2D eigenvalue weighted by Crippen LogP contribution is 2.44. The predicted molar refractivity (Wildman–Crippen MR) is 137 cm³/mol. The summed E-state index contributed by atoms with van der Waals surface area (Å²) >= 11 is 0. The molecule has 0 aromatic heterocycles. The van der Waals surface area contributed by atoms with Gasteiger partial charge in [0.1, 0.15) is 11.4 Å². The van der Waals surface area contributed by atoms with Gasteiger partial charge in [0, 0.05) is 38.4 Å². The quantitative estimate of drug-likeness (QED) is 0.177. The second kappa shape index (κ2) is 9.88. The lowest BCUT2D eigenvalue weighted by molar-refractivity contribution is -0.122. The second-order valence-electron chi connectivity index (χ2n) is 11.2. The van der Waals surface area contributed by atoms with Crippen LogP contribution in [-0.2, 0) is 11.3 Å². The van der Waals surface area contributed by atoms with Crippen molar-refractivity contribution < 1.29 is 15.1 Å². The highest BCUT2D eigenvalue weighted by atomic mass is 16.5. The molecule has 3 fully saturated rings. The van der Waals surface area contributed by atoms with Crippen LogP contribution in [0.4, 0.5) is 0 Å². The summed E-state index contributed by atoms with van der Waals surface area (Å²) in [6.07, 6.45) is 9.86. The molecule has 1 aromatic rings. The molecule has 7 nitrogen and oxygen atoms in total. The zero-order valence-corrected chi connectivity index (χ0v) is 20.7. The Morgan fingerprint density at radius 1 is 1.17 bits per heavy atom. The summed E-state index contributed by atoms with van der Waals surface area (Å²) in [7, 11) is 0. The third-order valence-electron chi connectivity index (χ3n) is 8.40. The van der Waals surface area contributed by atoms with Crippen molar-refractivity contribution in [2.45, 2.75) is 63.8 Å². The van der Waals surface area contributed by atoms with Gasteiger partial charge in [-0.05, 0) is 54.5 Å². The molecule has 0 atom stereocenters. The molecule has 3 aliphatic carbocycles. The molecule has 1 saturated heterocycles. The Morgan fingerprint density at radius 3 is 2.57 bits per heavy atom. The maximum Gasteiger partial charge on any atom is 0.130 e. The van der Waals surface area contributed by atoms with E-state index in [9.17, 15) is 10.3 Å². The van der Waals surface area contributed by atoms with Crippen LogP contribution in [0.25, 0.3) is 0 Å². The van der Waals surface area contributed by atoms with Gasteiger partial charge in [-0.3, -0.25) is 5.41 Å². The first-order valence-electron chi connectivity index (χ1n) is 13.0. The maximum atomic E-state index is 11.2. The monoisotopic (exact) mass is 478 g/mol. The smallest absolute Gasteiger partial charge is 0.130 e. The topological polar surface area (TPSA) is 101 Å². The van der Waals surface area contributed by atoms with E-state index in [2.05, 4.69) is 22.3 Å². The van der Waals surface area contributed by atoms with Crippen molar-refractivity contribution in [3.05, 3.63) is 59.3 Å². The summed E-state index contributed by atoms with van der Waals surface area (Å²) < 4.78 is 5.98. The molecule has 0 spiro atoms. The van der Waals surface area contributed by atoms with Gasteiger partial charge in [-0.2, -0.15) is 0 Å². The van der Waals surface area contributed by atoms with Crippen molar-refractivity contribution in [1.29, 1.82) is 5.41 Å². The molecule has 2 saturated carbocycles. The number of rotatable bonds is 10. The SMILES string of the molecule is CC1(CCNCC2CN(C3=CC(C4(O)CC(OCc5ccccc5)C4)=C/C(=N/O)C3=N)C2)CCC1. The van der Waals surface area contributed by atoms with Crippen molar-refractivity contribution in [1.82, 2.24) is 10.2 Å². The molecule has 1 aliphatic heterocycles. The van der Waals surface area contributed by atoms with E-state index in [-0.39, 0.29) is 17.5 Å². The summed E-state index contributed by atoms with van der Waals surface area (Å²) in [5.41, 5.74) is 2.49. The molecule has 1 aromatic carbocycles. The minimum atomic E-state index is -1.02. The van der Waals surface area contributed by atoms with Crippen LogP contribution in [-0.4, -0.2) is 64.5 Å². The normalized spacial score (nSPS) is 29.2. The van der Waals surface area contributed by atoms with E-state index in [1.54, 1.807) is 6.08 Å². The minimum Gasteiger partial charge on any atom is -0.410 e. The zero-order chi connectivity index (χ0) is 24.5. The van der Waals surface area contributed by atoms with E-state index in [0.29, 0.717) is 36.4 Å². The molecule has 7 heteroatoms. The van der Waals surface area contributed by atoms with Crippen LogP contribution >= 0.6 is 0 Å². The molecule has 4 N–H and O–H groups in total. The van der Waals surface area contributed by atoms with Gasteiger partial charge in [0.05, 0.1) is 24.0 Å². The zero-order valence-electron chi connectivity index (χ0n) is 20.7. The lowest BCUT2D eigenvalue weighted by atomic mass is 9.68. The molecule has 35 heavy (non-hydrogen) atoms. The third-order valence-corrected chi connectivity index (χ3v) is 8.40. The number of hydrogen-bond acceptors (Lipinski definition) is 7. The lowest BCUT2D eigenvalue weighted by Crippen LogP contribution is -2.54. The fraction of sp³-hybridized carbons (Fsp3) is 0.571. The fourth-order valence-corrected chi connectivity index (χ4v) is 5.67. The molecule has 188 valence electrons.